The minimum atomic E-state index is -0.567. The summed E-state index contributed by atoms with van der Waals surface area (Å²) in [6, 6.07) is 1.32. The van der Waals surface area contributed by atoms with Crippen LogP contribution >= 0.6 is 0 Å². The molecular formula is C12H17N3O3. The predicted octanol–water partition coefficient (Wildman–Crippen LogP) is 0.101. The highest BCUT2D eigenvalue weighted by atomic mass is 16.3. The summed E-state index contributed by atoms with van der Waals surface area (Å²) in [7, 11) is 0. The first kappa shape index (κ1) is 12.6. The second kappa shape index (κ2) is 5.22. The van der Waals surface area contributed by atoms with Crippen molar-refractivity contribution in [3.8, 4) is 0 Å². The monoisotopic (exact) mass is 251 g/mol. The summed E-state index contributed by atoms with van der Waals surface area (Å²) in [5, 5.41) is 9.27. The highest BCUT2D eigenvalue weighted by molar-refractivity contribution is 5.98. The quantitative estimate of drug-likeness (QED) is 0.710. The molecule has 0 bridgehead atoms. The molecule has 4 N–H and O–H groups in total. The van der Waals surface area contributed by atoms with Crippen molar-refractivity contribution in [2.75, 3.05) is 13.2 Å². The van der Waals surface area contributed by atoms with Gasteiger partial charge in [0.1, 0.15) is 5.69 Å². The van der Waals surface area contributed by atoms with Gasteiger partial charge in [0.2, 0.25) is 5.91 Å². The lowest BCUT2D eigenvalue weighted by atomic mass is 10.0. The van der Waals surface area contributed by atoms with Gasteiger partial charge < -0.3 is 20.7 Å². The molecule has 2 rings (SSSR count). The third-order valence-electron chi connectivity index (χ3n) is 3.30. The van der Waals surface area contributed by atoms with E-state index in [0.717, 1.165) is 19.3 Å². The van der Waals surface area contributed by atoms with Gasteiger partial charge in [0, 0.05) is 12.7 Å². The molecule has 1 aliphatic heterocycles. The van der Waals surface area contributed by atoms with E-state index in [1.165, 1.54) is 12.3 Å². The van der Waals surface area contributed by atoms with Crippen molar-refractivity contribution in [1.82, 2.24) is 9.88 Å². The number of amides is 2. The minimum absolute atomic E-state index is 0.0326. The zero-order chi connectivity index (χ0) is 13.1. The normalized spacial score (nSPS) is 19.8. The number of rotatable bonds is 3. The Morgan fingerprint density at radius 2 is 2.28 bits per heavy atom. The molecule has 0 spiro atoms. The Hall–Kier alpha value is -1.82. The summed E-state index contributed by atoms with van der Waals surface area (Å²) in [6.07, 6.45) is 4.19. The van der Waals surface area contributed by atoms with Crippen LogP contribution in [0.1, 0.15) is 40.1 Å². The second-order valence-corrected chi connectivity index (χ2v) is 4.50. The molecule has 1 aliphatic rings. The number of aliphatic hydroxyl groups excluding tert-OH is 1. The van der Waals surface area contributed by atoms with E-state index >= 15 is 0 Å². The van der Waals surface area contributed by atoms with E-state index < -0.39 is 5.91 Å². The molecule has 2 amide bonds. The number of piperidine rings is 1. The lowest BCUT2D eigenvalue weighted by molar-refractivity contribution is 0.0498. The standard InChI is InChI=1S/C12H17N3O3/c13-11(17)8-5-10(14-6-8)12(18)15-4-2-1-3-9(15)7-16/h5-6,9,14,16H,1-4,7H2,(H2,13,17). The zero-order valence-electron chi connectivity index (χ0n) is 10.1. The molecule has 6 nitrogen and oxygen atoms in total. The predicted molar refractivity (Wildman–Crippen MR) is 65.1 cm³/mol. The van der Waals surface area contributed by atoms with Crippen molar-refractivity contribution in [3.63, 3.8) is 0 Å². The molecule has 0 aliphatic carbocycles. The molecule has 1 atom stereocenters. The number of nitrogens with two attached hydrogens (primary N) is 1. The number of hydrogen-bond donors (Lipinski definition) is 3. The molecule has 0 radical (unpaired) electrons. The summed E-state index contributed by atoms with van der Waals surface area (Å²) >= 11 is 0. The first-order valence-corrected chi connectivity index (χ1v) is 6.03. The topological polar surface area (TPSA) is 99.4 Å². The summed E-state index contributed by atoms with van der Waals surface area (Å²) in [4.78, 5) is 27.6. The molecule has 0 saturated carbocycles. The van der Waals surface area contributed by atoms with Gasteiger partial charge in [0.25, 0.3) is 5.91 Å². The average Bonchev–Trinajstić information content (AvgIpc) is 2.87. The van der Waals surface area contributed by atoms with Crippen LogP contribution in [0.4, 0.5) is 0 Å². The molecule has 0 aromatic carbocycles. The molecule has 18 heavy (non-hydrogen) atoms. The first-order chi connectivity index (χ1) is 8.63. The maximum absolute atomic E-state index is 12.2. The van der Waals surface area contributed by atoms with E-state index in [2.05, 4.69) is 4.98 Å². The number of nitrogens with one attached hydrogen (secondary N) is 1. The van der Waals surface area contributed by atoms with Crippen LogP contribution in [0.3, 0.4) is 0 Å². The lowest BCUT2D eigenvalue weighted by Gasteiger charge is -2.34. The van der Waals surface area contributed by atoms with Crippen molar-refractivity contribution in [2.24, 2.45) is 5.73 Å². The first-order valence-electron chi connectivity index (χ1n) is 6.03. The Morgan fingerprint density at radius 3 is 2.89 bits per heavy atom. The zero-order valence-corrected chi connectivity index (χ0v) is 10.1. The molecule has 98 valence electrons. The number of hydrogen-bond acceptors (Lipinski definition) is 3. The number of carbonyl (C=O) groups is 2. The molecule has 2 heterocycles. The summed E-state index contributed by atoms with van der Waals surface area (Å²) < 4.78 is 0. The number of primary amides is 1. The van der Waals surface area contributed by atoms with Gasteiger partial charge in [-0.1, -0.05) is 0 Å². The summed E-state index contributed by atoms with van der Waals surface area (Å²) in [5.74, 6) is -0.760. The Bertz CT molecular complexity index is 455. The van der Waals surface area contributed by atoms with Crippen molar-refractivity contribution >= 4 is 11.8 Å². The number of aromatic nitrogens is 1. The third-order valence-corrected chi connectivity index (χ3v) is 3.30. The van der Waals surface area contributed by atoms with Crippen molar-refractivity contribution in [1.29, 1.82) is 0 Å². The number of aromatic amines is 1. The van der Waals surface area contributed by atoms with Gasteiger partial charge in [0.05, 0.1) is 18.2 Å². The van der Waals surface area contributed by atoms with E-state index in [4.69, 9.17) is 5.73 Å². The Kier molecular flexibility index (Phi) is 3.66. The number of H-pyrrole nitrogens is 1. The number of carbonyl (C=O) groups excluding carboxylic acids is 2. The van der Waals surface area contributed by atoms with E-state index in [0.29, 0.717) is 12.2 Å². The van der Waals surface area contributed by atoms with Gasteiger partial charge in [-0.2, -0.15) is 0 Å². The molecule has 1 saturated heterocycles. The largest absolute Gasteiger partial charge is 0.394 e. The molecule has 6 heteroatoms. The van der Waals surface area contributed by atoms with Crippen molar-refractivity contribution in [2.45, 2.75) is 25.3 Å². The van der Waals surface area contributed by atoms with Crippen LogP contribution in [-0.4, -0.2) is 46.0 Å². The molecule has 1 aromatic rings. The summed E-state index contributed by atoms with van der Waals surface area (Å²) in [6.45, 7) is 0.601. The van der Waals surface area contributed by atoms with Gasteiger partial charge in [-0.05, 0) is 25.3 Å². The molecule has 1 aromatic heterocycles. The van der Waals surface area contributed by atoms with Crippen LogP contribution in [0.2, 0.25) is 0 Å². The van der Waals surface area contributed by atoms with Crippen LogP contribution in [0.15, 0.2) is 12.3 Å². The Balaban J connectivity index is 2.15. The van der Waals surface area contributed by atoms with Gasteiger partial charge in [0.15, 0.2) is 0 Å². The number of nitrogens with zero attached hydrogens (tertiary/aromatic N) is 1. The SMILES string of the molecule is NC(=O)c1c[nH]c(C(=O)N2CCCCC2CO)c1. The third kappa shape index (κ3) is 2.38. The Labute approximate surface area is 105 Å². The number of likely N-dealkylation sites (tertiary alicyclic amines) is 1. The maximum Gasteiger partial charge on any atom is 0.270 e. The Morgan fingerprint density at radius 1 is 1.50 bits per heavy atom. The van der Waals surface area contributed by atoms with Crippen LogP contribution in [0.5, 0.6) is 0 Å². The van der Waals surface area contributed by atoms with Gasteiger partial charge in [-0.15, -0.1) is 0 Å². The van der Waals surface area contributed by atoms with Crippen LogP contribution in [0, 0.1) is 0 Å². The van der Waals surface area contributed by atoms with Crippen LogP contribution in [0.25, 0.3) is 0 Å². The van der Waals surface area contributed by atoms with Gasteiger partial charge in [-0.3, -0.25) is 9.59 Å². The second-order valence-electron chi connectivity index (χ2n) is 4.50. The fraction of sp³-hybridized carbons (Fsp3) is 0.500. The molecular weight excluding hydrogens is 234 g/mol. The fourth-order valence-electron chi connectivity index (χ4n) is 2.27. The maximum atomic E-state index is 12.2. The molecule has 1 unspecified atom stereocenters. The summed E-state index contributed by atoms with van der Waals surface area (Å²) in [5.41, 5.74) is 5.76. The number of aliphatic hydroxyl groups is 1. The van der Waals surface area contributed by atoms with Gasteiger partial charge >= 0.3 is 0 Å². The highest BCUT2D eigenvalue weighted by Gasteiger charge is 2.27. The van der Waals surface area contributed by atoms with Crippen LogP contribution < -0.4 is 5.73 Å². The highest BCUT2D eigenvalue weighted by Crippen LogP contribution is 2.19. The van der Waals surface area contributed by atoms with E-state index in [9.17, 15) is 14.7 Å². The van der Waals surface area contributed by atoms with E-state index in [-0.39, 0.29) is 24.1 Å². The molecule has 1 fully saturated rings. The van der Waals surface area contributed by atoms with E-state index in [1.54, 1.807) is 4.90 Å². The van der Waals surface area contributed by atoms with Crippen molar-refractivity contribution in [3.05, 3.63) is 23.5 Å². The van der Waals surface area contributed by atoms with Gasteiger partial charge in [-0.25, -0.2) is 0 Å². The minimum Gasteiger partial charge on any atom is -0.394 e. The smallest absolute Gasteiger partial charge is 0.270 e. The average molecular weight is 251 g/mol. The van der Waals surface area contributed by atoms with E-state index in [1.807, 2.05) is 0 Å². The van der Waals surface area contributed by atoms with Crippen LogP contribution in [-0.2, 0) is 0 Å². The fourth-order valence-corrected chi connectivity index (χ4v) is 2.27. The lowest BCUT2D eigenvalue weighted by Crippen LogP contribution is -2.45. The van der Waals surface area contributed by atoms with Crippen molar-refractivity contribution < 1.29 is 14.7 Å².